The molecular formula is C19H25N3O. The maximum absolute atomic E-state index is 12.2. The Morgan fingerprint density at radius 3 is 2.65 bits per heavy atom. The van der Waals surface area contributed by atoms with Crippen molar-refractivity contribution < 1.29 is 4.79 Å². The molecule has 1 amide bonds. The molecule has 0 aliphatic carbocycles. The summed E-state index contributed by atoms with van der Waals surface area (Å²) in [6, 6.07) is 13.7. The lowest BCUT2D eigenvalue weighted by atomic mass is 10.1. The van der Waals surface area contributed by atoms with Crippen molar-refractivity contribution >= 4 is 11.7 Å². The molecule has 1 heterocycles. The highest BCUT2D eigenvalue weighted by Gasteiger charge is 2.06. The topological polar surface area (TPSA) is 54.0 Å². The molecule has 0 aliphatic heterocycles. The predicted octanol–water partition coefficient (Wildman–Crippen LogP) is 3.51. The second-order valence-corrected chi connectivity index (χ2v) is 6.03. The average Bonchev–Trinajstić information content (AvgIpc) is 2.56. The average molecular weight is 311 g/mol. The largest absolute Gasteiger partial charge is 0.370 e. The van der Waals surface area contributed by atoms with E-state index in [-0.39, 0.29) is 5.91 Å². The molecule has 4 nitrogen and oxygen atoms in total. The van der Waals surface area contributed by atoms with Crippen molar-refractivity contribution in [3.8, 4) is 0 Å². The quantitative estimate of drug-likeness (QED) is 0.784. The zero-order valence-corrected chi connectivity index (χ0v) is 13.9. The fourth-order valence-corrected chi connectivity index (χ4v) is 2.22. The molecular weight excluding hydrogens is 286 g/mol. The van der Waals surface area contributed by atoms with Crippen LogP contribution in [0.4, 0.5) is 5.82 Å². The first-order valence-electron chi connectivity index (χ1n) is 8.17. The molecule has 122 valence electrons. The van der Waals surface area contributed by atoms with E-state index < -0.39 is 0 Å². The molecule has 0 spiro atoms. The summed E-state index contributed by atoms with van der Waals surface area (Å²) >= 11 is 0. The van der Waals surface area contributed by atoms with E-state index in [1.807, 2.05) is 18.2 Å². The first kappa shape index (κ1) is 17.0. The van der Waals surface area contributed by atoms with Crippen LogP contribution in [0.1, 0.15) is 36.2 Å². The third-order valence-electron chi connectivity index (χ3n) is 3.59. The molecule has 0 radical (unpaired) electrons. The van der Waals surface area contributed by atoms with E-state index in [9.17, 15) is 4.79 Å². The summed E-state index contributed by atoms with van der Waals surface area (Å²) in [5.41, 5.74) is 1.86. The van der Waals surface area contributed by atoms with Gasteiger partial charge in [-0.15, -0.1) is 0 Å². The van der Waals surface area contributed by atoms with E-state index >= 15 is 0 Å². The van der Waals surface area contributed by atoms with Crippen LogP contribution < -0.4 is 10.6 Å². The minimum Gasteiger partial charge on any atom is -0.370 e. The van der Waals surface area contributed by atoms with Crippen molar-refractivity contribution in [3.05, 3.63) is 59.8 Å². The van der Waals surface area contributed by atoms with Crippen molar-refractivity contribution in [3.63, 3.8) is 0 Å². The highest BCUT2D eigenvalue weighted by atomic mass is 16.1. The molecule has 2 rings (SSSR count). The van der Waals surface area contributed by atoms with Crippen molar-refractivity contribution in [2.45, 2.75) is 26.7 Å². The number of anilines is 1. The molecule has 2 aromatic rings. The minimum atomic E-state index is -0.0600. The lowest BCUT2D eigenvalue weighted by Crippen LogP contribution is -2.25. The number of hydrogen-bond acceptors (Lipinski definition) is 3. The maximum Gasteiger partial charge on any atom is 0.251 e. The van der Waals surface area contributed by atoms with Crippen LogP contribution in [0.2, 0.25) is 0 Å². The monoisotopic (exact) mass is 311 g/mol. The van der Waals surface area contributed by atoms with Crippen LogP contribution in [-0.2, 0) is 6.42 Å². The molecule has 0 atom stereocenters. The van der Waals surface area contributed by atoms with Gasteiger partial charge in [0, 0.05) is 24.8 Å². The molecule has 2 N–H and O–H groups in total. The van der Waals surface area contributed by atoms with Gasteiger partial charge in [0.2, 0.25) is 0 Å². The van der Waals surface area contributed by atoms with Gasteiger partial charge in [-0.3, -0.25) is 4.79 Å². The van der Waals surface area contributed by atoms with Crippen LogP contribution in [-0.4, -0.2) is 24.0 Å². The zero-order valence-electron chi connectivity index (χ0n) is 13.9. The normalized spacial score (nSPS) is 10.6. The Bertz CT molecular complexity index is 611. The summed E-state index contributed by atoms with van der Waals surface area (Å²) in [6.07, 6.45) is 3.58. The summed E-state index contributed by atoms with van der Waals surface area (Å²) in [6.45, 7) is 5.86. The summed E-state index contributed by atoms with van der Waals surface area (Å²) in [5.74, 6) is 1.34. The molecule has 0 saturated carbocycles. The van der Waals surface area contributed by atoms with Gasteiger partial charge >= 0.3 is 0 Å². The molecule has 1 aromatic heterocycles. The number of pyridine rings is 1. The van der Waals surface area contributed by atoms with Crippen LogP contribution in [0.5, 0.6) is 0 Å². The number of benzene rings is 1. The third-order valence-corrected chi connectivity index (χ3v) is 3.59. The number of carbonyl (C=O) groups is 1. The van der Waals surface area contributed by atoms with E-state index in [1.165, 1.54) is 5.56 Å². The first-order chi connectivity index (χ1) is 11.1. The number of hydrogen-bond donors (Lipinski definition) is 2. The SMILES string of the molecule is CC(C)CCNc1cc(C(=O)NCCc2ccccc2)ccn1. The fourth-order valence-electron chi connectivity index (χ4n) is 2.22. The Morgan fingerprint density at radius 1 is 1.13 bits per heavy atom. The van der Waals surface area contributed by atoms with Gasteiger partial charge in [0.05, 0.1) is 0 Å². The number of amides is 1. The molecule has 23 heavy (non-hydrogen) atoms. The molecule has 0 saturated heterocycles. The van der Waals surface area contributed by atoms with Gasteiger partial charge in [-0.1, -0.05) is 44.2 Å². The van der Waals surface area contributed by atoms with Gasteiger partial charge in [0.15, 0.2) is 0 Å². The standard InChI is InChI=1S/C19H25N3O/c1-15(2)8-11-20-18-14-17(10-13-21-18)19(23)22-12-9-16-6-4-3-5-7-16/h3-7,10,13-15H,8-9,11-12H2,1-2H3,(H,20,21)(H,22,23). The smallest absolute Gasteiger partial charge is 0.251 e. The number of nitrogens with one attached hydrogen (secondary N) is 2. The van der Waals surface area contributed by atoms with E-state index in [0.717, 1.165) is 25.2 Å². The molecule has 1 aromatic carbocycles. The lowest BCUT2D eigenvalue weighted by molar-refractivity contribution is 0.0954. The summed E-state index contributed by atoms with van der Waals surface area (Å²) in [4.78, 5) is 16.5. The van der Waals surface area contributed by atoms with Crippen LogP contribution >= 0.6 is 0 Å². The fraction of sp³-hybridized carbons (Fsp3) is 0.368. The molecule has 0 fully saturated rings. The predicted molar refractivity (Wildman–Crippen MR) is 94.7 cm³/mol. The van der Waals surface area contributed by atoms with Crippen molar-refractivity contribution in [1.82, 2.24) is 10.3 Å². The minimum absolute atomic E-state index is 0.0600. The highest BCUT2D eigenvalue weighted by Crippen LogP contribution is 2.08. The lowest BCUT2D eigenvalue weighted by Gasteiger charge is -2.09. The van der Waals surface area contributed by atoms with Gasteiger partial charge < -0.3 is 10.6 Å². The van der Waals surface area contributed by atoms with Crippen molar-refractivity contribution in [2.75, 3.05) is 18.4 Å². The van der Waals surface area contributed by atoms with Crippen LogP contribution in [0.15, 0.2) is 48.7 Å². The first-order valence-corrected chi connectivity index (χ1v) is 8.17. The second kappa shape index (κ2) is 8.93. The number of aromatic nitrogens is 1. The van der Waals surface area contributed by atoms with Crippen LogP contribution in [0.25, 0.3) is 0 Å². The molecule has 4 heteroatoms. The van der Waals surface area contributed by atoms with Gasteiger partial charge in [0.25, 0.3) is 5.91 Å². The Hall–Kier alpha value is -2.36. The summed E-state index contributed by atoms with van der Waals surface area (Å²) in [7, 11) is 0. The van der Waals surface area contributed by atoms with Gasteiger partial charge in [0.1, 0.15) is 5.82 Å². The Labute approximate surface area is 138 Å². The van der Waals surface area contributed by atoms with E-state index in [0.29, 0.717) is 18.0 Å². The molecule has 0 aliphatic rings. The number of carbonyl (C=O) groups excluding carboxylic acids is 1. The Kier molecular flexibility index (Phi) is 6.60. The maximum atomic E-state index is 12.2. The second-order valence-electron chi connectivity index (χ2n) is 6.03. The summed E-state index contributed by atoms with van der Waals surface area (Å²) < 4.78 is 0. The number of rotatable bonds is 8. The number of nitrogens with zero attached hydrogens (tertiary/aromatic N) is 1. The van der Waals surface area contributed by atoms with Gasteiger partial charge in [-0.2, -0.15) is 0 Å². The highest BCUT2D eigenvalue weighted by molar-refractivity contribution is 5.94. The Balaban J connectivity index is 1.82. The van der Waals surface area contributed by atoms with Crippen LogP contribution in [0, 0.1) is 5.92 Å². The van der Waals surface area contributed by atoms with Crippen LogP contribution in [0.3, 0.4) is 0 Å². The zero-order chi connectivity index (χ0) is 16.5. The Morgan fingerprint density at radius 2 is 1.91 bits per heavy atom. The summed E-state index contributed by atoms with van der Waals surface area (Å²) in [5, 5.41) is 6.22. The third kappa shape index (κ3) is 6.10. The van der Waals surface area contributed by atoms with Crippen molar-refractivity contribution in [2.24, 2.45) is 5.92 Å². The van der Waals surface area contributed by atoms with Crippen molar-refractivity contribution in [1.29, 1.82) is 0 Å². The molecule has 0 unspecified atom stereocenters. The molecule has 0 bridgehead atoms. The van der Waals surface area contributed by atoms with Gasteiger partial charge in [-0.25, -0.2) is 4.98 Å². The van der Waals surface area contributed by atoms with Gasteiger partial charge in [-0.05, 0) is 36.5 Å². The van der Waals surface area contributed by atoms with E-state index in [1.54, 1.807) is 18.3 Å². The van der Waals surface area contributed by atoms with E-state index in [4.69, 9.17) is 0 Å². The van der Waals surface area contributed by atoms with E-state index in [2.05, 4.69) is 41.6 Å².